The number of carbonyl (C=O) groups is 1. The Morgan fingerprint density at radius 3 is 2.84 bits per heavy atom. The van der Waals surface area contributed by atoms with Crippen molar-refractivity contribution in [2.24, 2.45) is 5.92 Å². The van der Waals surface area contributed by atoms with E-state index >= 15 is 0 Å². The number of carbonyl (C=O) groups excluding carboxylic acids is 1. The molecule has 1 aliphatic rings. The molecule has 1 amide bonds. The van der Waals surface area contributed by atoms with E-state index in [0.717, 1.165) is 19.3 Å². The maximum absolute atomic E-state index is 13.2. The molecule has 2 nitrogen and oxygen atoms in total. The van der Waals surface area contributed by atoms with Crippen LogP contribution >= 0.6 is 15.9 Å². The van der Waals surface area contributed by atoms with E-state index in [1.807, 2.05) is 0 Å². The Hall–Kier alpha value is -0.900. The lowest BCUT2D eigenvalue weighted by atomic mass is 9.96. The van der Waals surface area contributed by atoms with Gasteiger partial charge in [0.2, 0.25) is 0 Å². The molecule has 2 unspecified atom stereocenters. The number of nitrogens with one attached hydrogen (secondary N) is 1. The van der Waals surface area contributed by atoms with Crippen LogP contribution in [0, 0.1) is 11.7 Å². The molecule has 1 fully saturated rings. The molecule has 0 saturated heterocycles. The fourth-order valence-electron chi connectivity index (χ4n) is 2.63. The van der Waals surface area contributed by atoms with Crippen molar-refractivity contribution in [3.05, 3.63) is 34.1 Å². The lowest BCUT2D eigenvalue weighted by Gasteiger charge is -2.23. The molecule has 0 aromatic heterocycles. The minimum Gasteiger partial charge on any atom is -0.349 e. The van der Waals surface area contributed by atoms with Crippen LogP contribution in [0.3, 0.4) is 0 Å². The van der Waals surface area contributed by atoms with Gasteiger partial charge >= 0.3 is 0 Å². The first-order chi connectivity index (χ1) is 9.08. The molecular formula is C15H19BrFNO. The van der Waals surface area contributed by atoms with Crippen LogP contribution in [0.2, 0.25) is 0 Å². The van der Waals surface area contributed by atoms with Crippen LogP contribution in [0.4, 0.5) is 4.39 Å². The van der Waals surface area contributed by atoms with E-state index in [4.69, 9.17) is 0 Å². The maximum atomic E-state index is 13.2. The Morgan fingerprint density at radius 1 is 1.32 bits per heavy atom. The highest BCUT2D eigenvalue weighted by molar-refractivity contribution is 9.10. The van der Waals surface area contributed by atoms with Crippen LogP contribution in [0.25, 0.3) is 0 Å². The fraction of sp³-hybridized carbons (Fsp3) is 0.533. The van der Waals surface area contributed by atoms with Crippen LogP contribution in [0.1, 0.15) is 49.4 Å². The second-order valence-electron chi connectivity index (χ2n) is 5.32. The lowest BCUT2D eigenvalue weighted by molar-refractivity contribution is 0.0920. The third kappa shape index (κ3) is 3.78. The first-order valence-electron chi connectivity index (χ1n) is 6.84. The van der Waals surface area contributed by atoms with Gasteiger partial charge in [0, 0.05) is 10.5 Å². The average molecular weight is 328 g/mol. The van der Waals surface area contributed by atoms with Crippen molar-refractivity contribution in [3.8, 4) is 0 Å². The molecule has 0 radical (unpaired) electrons. The molecular weight excluding hydrogens is 309 g/mol. The number of halogens is 2. The van der Waals surface area contributed by atoms with Gasteiger partial charge in [-0.3, -0.25) is 4.79 Å². The molecule has 2 rings (SSSR count). The molecule has 4 heteroatoms. The molecule has 0 spiro atoms. The summed E-state index contributed by atoms with van der Waals surface area (Å²) in [5.74, 6) is -0.0915. The normalized spacial score (nSPS) is 23.7. The molecule has 1 aromatic carbocycles. The predicted molar refractivity (Wildman–Crippen MR) is 77.6 cm³/mol. The van der Waals surface area contributed by atoms with E-state index in [-0.39, 0.29) is 17.8 Å². The van der Waals surface area contributed by atoms with Gasteiger partial charge in [-0.05, 0) is 52.9 Å². The van der Waals surface area contributed by atoms with Crippen molar-refractivity contribution in [1.29, 1.82) is 0 Å². The van der Waals surface area contributed by atoms with E-state index in [0.29, 0.717) is 16.0 Å². The zero-order chi connectivity index (χ0) is 13.8. The first kappa shape index (κ1) is 14.5. The third-order valence-electron chi connectivity index (χ3n) is 3.85. The summed E-state index contributed by atoms with van der Waals surface area (Å²) in [6.07, 6.45) is 5.78. The largest absolute Gasteiger partial charge is 0.349 e. The van der Waals surface area contributed by atoms with Gasteiger partial charge < -0.3 is 5.32 Å². The molecule has 1 aliphatic carbocycles. The zero-order valence-corrected chi connectivity index (χ0v) is 12.7. The summed E-state index contributed by atoms with van der Waals surface area (Å²) in [5, 5.41) is 3.06. The van der Waals surface area contributed by atoms with E-state index in [1.54, 1.807) is 6.07 Å². The van der Waals surface area contributed by atoms with Crippen LogP contribution in [0.5, 0.6) is 0 Å². The number of amides is 1. The van der Waals surface area contributed by atoms with Crippen molar-refractivity contribution in [2.45, 2.75) is 45.1 Å². The van der Waals surface area contributed by atoms with Gasteiger partial charge in [-0.2, -0.15) is 0 Å². The van der Waals surface area contributed by atoms with Crippen molar-refractivity contribution in [1.82, 2.24) is 5.32 Å². The van der Waals surface area contributed by atoms with Crippen LogP contribution < -0.4 is 5.32 Å². The molecule has 104 valence electrons. The van der Waals surface area contributed by atoms with E-state index < -0.39 is 0 Å². The standard InChI is InChI=1S/C15H19BrFNO/c1-10-5-3-2-4-6-14(10)18-15(19)12-9-11(17)7-8-13(12)16/h7-10,14H,2-6H2,1H3,(H,18,19). The average Bonchev–Trinajstić information content (AvgIpc) is 2.58. The number of hydrogen-bond donors (Lipinski definition) is 1. The van der Waals surface area contributed by atoms with E-state index in [9.17, 15) is 9.18 Å². The number of rotatable bonds is 2. The summed E-state index contributed by atoms with van der Waals surface area (Å²) in [5.41, 5.74) is 0.372. The van der Waals surface area contributed by atoms with E-state index in [2.05, 4.69) is 28.2 Å². The van der Waals surface area contributed by atoms with Crippen LogP contribution in [0.15, 0.2) is 22.7 Å². The molecule has 0 bridgehead atoms. The summed E-state index contributed by atoms with van der Waals surface area (Å²) >= 11 is 3.30. The second kappa shape index (κ2) is 6.51. The third-order valence-corrected chi connectivity index (χ3v) is 4.54. The Bertz CT molecular complexity index is 463. The van der Waals surface area contributed by atoms with Gasteiger partial charge in [-0.25, -0.2) is 4.39 Å². The second-order valence-corrected chi connectivity index (χ2v) is 6.17. The van der Waals surface area contributed by atoms with Gasteiger partial charge in [0.25, 0.3) is 5.91 Å². The van der Waals surface area contributed by atoms with Crippen molar-refractivity contribution >= 4 is 21.8 Å². The zero-order valence-electron chi connectivity index (χ0n) is 11.1. The van der Waals surface area contributed by atoms with Crippen LogP contribution in [-0.2, 0) is 0 Å². The Labute approximate surface area is 121 Å². The van der Waals surface area contributed by atoms with Gasteiger partial charge in [-0.1, -0.05) is 26.2 Å². The minimum atomic E-state index is -0.387. The van der Waals surface area contributed by atoms with Gasteiger partial charge in [-0.15, -0.1) is 0 Å². The molecule has 1 aromatic rings. The maximum Gasteiger partial charge on any atom is 0.252 e. The number of benzene rings is 1. The predicted octanol–water partition coefficient (Wildman–Crippen LogP) is 4.29. The molecule has 1 saturated carbocycles. The van der Waals surface area contributed by atoms with Crippen molar-refractivity contribution < 1.29 is 9.18 Å². The Morgan fingerprint density at radius 2 is 2.05 bits per heavy atom. The smallest absolute Gasteiger partial charge is 0.252 e. The fourth-order valence-corrected chi connectivity index (χ4v) is 3.05. The minimum absolute atomic E-state index is 0.190. The quantitative estimate of drug-likeness (QED) is 0.807. The highest BCUT2D eigenvalue weighted by Crippen LogP contribution is 2.24. The summed E-state index contributed by atoms with van der Waals surface area (Å²) in [6, 6.07) is 4.39. The summed E-state index contributed by atoms with van der Waals surface area (Å²) in [4.78, 5) is 12.2. The topological polar surface area (TPSA) is 29.1 Å². The SMILES string of the molecule is CC1CCCCCC1NC(=O)c1cc(F)ccc1Br. The van der Waals surface area contributed by atoms with E-state index in [1.165, 1.54) is 25.0 Å². The van der Waals surface area contributed by atoms with Crippen LogP contribution in [-0.4, -0.2) is 11.9 Å². The van der Waals surface area contributed by atoms with Gasteiger partial charge in [0.05, 0.1) is 5.56 Å². The van der Waals surface area contributed by atoms with Crippen molar-refractivity contribution in [3.63, 3.8) is 0 Å². The highest BCUT2D eigenvalue weighted by atomic mass is 79.9. The monoisotopic (exact) mass is 327 g/mol. The highest BCUT2D eigenvalue weighted by Gasteiger charge is 2.23. The lowest BCUT2D eigenvalue weighted by Crippen LogP contribution is -2.39. The Balaban J connectivity index is 2.09. The van der Waals surface area contributed by atoms with Gasteiger partial charge in [0.15, 0.2) is 0 Å². The first-order valence-corrected chi connectivity index (χ1v) is 7.63. The number of hydrogen-bond acceptors (Lipinski definition) is 1. The summed E-state index contributed by atoms with van der Waals surface area (Å²) in [7, 11) is 0. The summed E-state index contributed by atoms with van der Waals surface area (Å²) < 4.78 is 13.9. The van der Waals surface area contributed by atoms with Gasteiger partial charge in [0.1, 0.15) is 5.82 Å². The Kier molecular flexibility index (Phi) is 4.97. The van der Waals surface area contributed by atoms with Crippen molar-refractivity contribution in [2.75, 3.05) is 0 Å². The molecule has 19 heavy (non-hydrogen) atoms. The summed E-state index contributed by atoms with van der Waals surface area (Å²) in [6.45, 7) is 2.18. The molecule has 0 heterocycles. The molecule has 2 atom stereocenters. The molecule has 0 aliphatic heterocycles. The molecule has 1 N–H and O–H groups in total.